The average Bonchev–Trinajstić information content (AvgIpc) is 2.44. The van der Waals surface area contributed by atoms with Crippen LogP contribution in [0.4, 0.5) is 0 Å². The highest BCUT2D eigenvalue weighted by Crippen LogP contribution is 2.41. The van der Waals surface area contributed by atoms with Crippen molar-refractivity contribution >= 4 is 0 Å². The molecule has 0 bridgehead atoms. The van der Waals surface area contributed by atoms with Gasteiger partial charge in [-0.05, 0) is 33.6 Å². The van der Waals surface area contributed by atoms with E-state index in [0.29, 0.717) is 5.92 Å². The molecule has 1 heterocycles. The standard InChI is InChI=1S/C12H22O2/c1-9-10(2)14-12(3,13-9)11-7-5-4-6-8-11/h9-11H,4-8H2,1-3H3. The van der Waals surface area contributed by atoms with Crippen molar-refractivity contribution in [3.8, 4) is 0 Å². The first-order chi connectivity index (χ1) is 6.62. The Hall–Kier alpha value is -0.0800. The summed E-state index contributed by atoms with van der Waals surface area (Å²) in [5.74, 6) is 0.322. The first-order valence-electron chi connectivity index (χ1n) is 5.97. The monoisotopic (exact) mass is 198 g/mol. The van der Waals surface area contributed by atoms with Gasteiger partial charge < -0.3 is 9.47 Å². The molecule has 2 rings (SSSR count). The number of hydrogen-bond donors (Lipinski definition) is 0. The smallest absolute Gasteiger partial charge is 0.169 e. The lowest BCUT2D eigenvalue weighted by Gasteiger charge is -2.35. The van der Waals surface area contributed by atoms with Gasteiger partial charge >= 0.3 is 0 Å². The minimum absolute atomic E-state index is 0.252. The third-order valence-corrected chi connectivity index (χ3v) is 3.85. The van der Waals surface area contributed by atoms with Gasteiger partial charge in [-0.15, -0.1) is 0 Å². The normalized spacial score (nSPS) is 45.6. The quantitative estimate of drug-likeness (QED) is 0.644. The highest BCUT2D eigenvalue weighted by molar-refractivity contribution is 4.85. The molecule has 14 heavy (non-hydrogen) atoms. The van der Waals surface area contributed by atoms with E-state index >= 15 is 0 Å². The second-order valence-corrected chi connectivity index (χ2v) is 5.00. The summed E-state index contributed by atoms with van der Waals surface area (Å²) in [6, 6.07) is 0. The van der Waals surface area contributed by atoms with Crippen LogP contribution in [0.15, 0.2) is 0 Å². The summed E-state index contributed by atoms with van der Waals surface area (Å²) in [6.07, 6.45) is 7.12. The van der Waals surface area contributed by atoms with Crippen molar-refractivity contribution in [1.29, 1.82) is 0 Å². The van der Waals surface area contributed by atoms with Crippen LogP contribution in [-0.2, 0) is 9.47 Å². The zero-order valence-electron chi connectivity index (χ0n) is 9.58. The maximum absolute atomic E-state index is 5.98. The van der Waals surface area contributed by atoms with Crippen LogP contribution in [0.1, 0.15) is 52.9 Å². The van der Waals surface area contributed by atoms with E-state index in [0.717, 1.165) is 0 Å². The summed E-state index contributed by atoms with van der Waals surface area (Å²) in [4.78, 5) is 0. The van der Waals surface area contributed by atoms with Gasteiger partial charge in [0.25, 0.3) is 0 Å². The highest BCUT2D eigenvalue weighted by atomic mass is 16.8. The molecule has 0 radical (unpaired) electrons. The van der Waals surface area contributed by atoms with Crippen LogP contribution in [0, 0.1) is 5.92 Å². The maximum Gasteiger partial charge on any atom is 0.169 e. The van der Waals surface area contributed by atoms with Crippen molar-refractivity contribution in [1.82, 2.24) is 0 Å². The molecule has 2 fully saturated rings. The first kappa shape index (κ1) is 10.4. The van der Waals surface area contributed by atoms with Crippen molar-refractivity contribution in [2.75, 3.05) is 0 Å². The average molecular weight is 198 g/mol. The SMILES string of the molecule is CC1OC(C)(C2CCCCC2)OC1C. The zero-order valence-corrected chi connectivity index (χ0v) is 9.58. The number of ether oxygens (including phenoxy) is 2. The molecule has 1 aliphatic heterocycles. The predicted molar refractivity (Wildman–Crippen MR) is 56.1 cm³/mol. The predicted octanol–water partition coefficient (Wildman–Crippen LogP) is 3.11. The fraction of sp³-hybridized carbons (Fsp3) is 1.00. The van der Waals surface area contributed by atoms with Crippen LogP contribution in [0.3, 0.4) is 0 Å². The molecule has 0 aromatic heterocycles. The second-order valence-electron chi connectivity index (χ2n) is 5.00. The van der Waals surface area contributed by atoms with Crippen molar-refractivity contribution in [3.05, 3.63) is 0 Å². The molecule has 0 aromatic carbocycles. The van der Waals surface area contributed by atoms with Gasteiger partial charge in [0, 0.05) is 5.92 Å². The molecule has 2 aliphatic rings. The number of hydrogen-bond acceptors (Lipinski definition) is 2. The first-order valence-corrected chi connectivity index (χ1v) is 5.97. The molecule has 1 saturated carbocycles. The lowest BCUT2D eigenvalue weighted by atomic mass is 9.84. The van der Waals surface area contributed by atoms with Crippen LogP contribution in [-0.4, -0.2) is 18.0 Å². The Morgan fingerprint density at radius 2 is 1.43 bits per heavy atom. The fourth-order valence-electron chi connectivity index (χ4n) is 2.78. The fourth-order valence-corrected chi connectivity index (χ4v) is 2.78. The Morgan fingerprint density at radius 1 is 0.929 bits per heavy atom. The van der Waals surface area contributed by atoms with Gasteiger partial charge in [0.15, 0.2) is 5.79 Å². The Labute approximate surface area is 87.0 Å². The molecule has 0 N–H and O–H groups in total. The molecule has 0 spiro atoms. The minimum Gasteiger partial charge on any atom is -0.344 e. The second kappa shape index (κ2) is 3.82. The molecular formula is C12H22O2. The molecular weight excluding hydrogens is 176 g/mol. The van der Waals surface area contributed by atoms with Gasteiger partial charge in [-0.3, -0.25) is 0 Å². The van der Waals surface area contributed by atoms with Crippen molar-refractivity contribution < 1.29 is 9.47 Å². The van der Waals surface area contributed by atoms with Crippen molar-refractivity contribution in [3.63, 3.8) is 0 Å². The van der Waals surface area contributed by atoms with Gasteiger partial charge in [-0.25, -0.2) is 0 Å². The summed E-state index contributed by atoms with van der Waals surface area (Å²) in [7, 11) is 0. The topological polar surface area (TPSA) is 18.5 Å². The Bertz CT molecular complexity index is 186. The van der Waals surface area contributed by atoms with E-state index in [1.165, 1.54) is 32.1 Å². The lowest BCUT2D eigenvalue weighted by Crippen LogP contribution is -2.37. The number of rotatable bonds is 1. The van der Waals surface area contributed by atoms with Crippen LogP contribution in [0.2, 0.25) is 0 Å². The molecule has 2 atom stereocenters. The zero-order chi connectivity index (χ0) is 10.2. The molecule has 2 heteroatoms. The van der Waals surface area contributed by atoms with Crippen molar-refractivity contribution in [2.24, 2.45) is 5.92 Å². The summed E-state index contributed by atoms with van der Waals surface area (Å²) in [5.41, 5.74) is 0. The summed E-state index contributed by atoms with van der Waals surface area (Å²) in [6.45, 7) is 6.35. The van der Waals surface area contributed by atoms with Crippen LogP contribution in [0.25, 0.3) is 0 Å². The Kier molecular flexibility index (Phi) is 2.85. The molecule has 1 aliphatic carbocycles. The van der Waals surface area contributed by atoms with E-state index in [1.807, 2.05) is 0 Å². The summed E-state index contributed by atoms with van der Waals surface area (Å²) in [5, 5.41) is 0. The lowest BCUT2D eigenvalue weighted by molar-refractivity contribution is -0.202. The van der Waals surface area contributed by atoms with E-state index < -0.39 is 0 Å². The minimum atomic E-state index is -0.292. The molecule has 0 aromatic rings. The largest absolute Gasteiger partial charge is 0.344 e. The van der Waals surface area contributed by atoms with E-state index in [2.05, 4.69) is 20.8 Å². The summed E-state index contributed by atoms with van der Waals surface area (Å²) >= 11 is 0. The molecule has 0 amide bonds. The Morgan fingerprint density at radius 3 is 1.93 bits per heavy atom. The van der Waals surface area contributed by atoms with Gasteiger partial charge in [-0.2, -0.15) is 0 Å². The van der Waals surface area contributed by atoms with Gasteiger partial charge in [0.2, 0.25) is 0 Å². The van der Waals surface area contributed by atoms with E-state index in [-0.39, 0.29) is 18.0 Å². The van der Waals surface area contributed by atoms with Gasteiger partial charge in [0.05, 0.1) is 12.2 Å². The highest BCUT2D eigenvalue weighted by Gasteiger charge is 2.45. The van der Waals surface area contributed by atoms with Crippen molar-refractivity contribution in [2.45, 2.75) is 70.9 Å². The van der Waals surface area contributed by atoms with E-state index in [1.54, 1.807) is 0 Å². The molecule has 1 saturated heterocycles. The molecule has 2 unspecified atom stereocenters. The maximum atomic E-state index is 5.98. The van der Waals surface area contributed by atoms with E-state index in [4.69, 9.17) is 9.47 Å². The van der Waals surface area contributed by atoms with Gasteiger partial charge in [-0.1, -0.05) is 19.3 Å². The molecule has 2 nitrogen and oxygen atoms in total. The van der Waals surface area contributed by atoms with E-state index in [9.17, 15) is 0 Å². The van der Waals surface area contributed by atoms with Crippen LogP contribution >= 0.6 is 0 Å². The summed E-state index contributed by atoms with van der Waals surface area (Å²) < 4.78 is 12.0. The third-order valence-electron chi connectivity index (χ3n) is 3.85. The Balaban J connectivity index is 2.01. The third kappa shape index (κ3) is 1.82. The molecule has 82 valence electrons. The van der Waals surface area contributed by atoms with Gasteiger partial charge in [0.1, 0.15) is 0 Å². The van der Waals surface area contributed by atoms with Crippen LogP contribution < -0.4 is 0 Å². The van der Waals surface area contributed by atoms with Crippen LogP contribution in [0.5, 0.6) is 0 Å².